The molecule has 2 aromatic rings. The third-order valence-electron chi connectivity index (χ3n) is 3.19. The molecule has 10 heteroatoms. The molecule has 0 aliphatic carbocycles. The summed E-state index contributed by atoms with van der Waals surface area (Å²) in [6.45, 7) is 3.66. The van der Waals surface area contributed by atoms with E-state index in [0.717, 1.165) is 6.20 Å². The number of nitrogens with zero attached hydrogens (tertiary/aromatic N) is 2. The Morgan fingerprint density at radius 2 is 1.96 bits per heavy atom. The Morgan fingerprint density at radius 1 is 1.30 bits per heavy atom. The molecule has 0 saturated heterocycles. The first-order valence-electron chi connectivity index (χ1n) is 6.48. The van der Waals surface area contributed by atoms with Crippen LogP contribution in [-0.4, -0.2) is 18.2 Å². The molecule has 0 spiro atoms. The van der Waals surface area contributed by atoms with Crippen molar-refractivity contribution in [2.24, 2.45) is 0 Å². The molecule has 0 radical (unpaired) electrons. The molecule has 1 aromatic heterocycles. The van der Waals surface area contributed by atoms with Gasteiger partial charge in [0.1, 0.15) is 10.7 Å². The Kier molecular flexibility index (Phi) is 4.38. The zero-order chi connectivity index (χ0) is 17.4. The van der Waals surface area contributed by atoms with Crippen molar-refractivity contribution in [2.75, 3.05) is 4.72 Å². The maximum absolute atomic E-state index is 13.7. The number of anilines is 1. The maximum Gasteiger partial charge on any atom is 0.416 e. The molecule has 1 heterocycles. The lowest BCUT2D eigenvalue weighted by atomic mass is 10.2. The fourth-order valence-electron chi connectivity index (χ4n) is 1.99. The van der Waals surface area contributed by atoms with Crippen molar-refractivity contribution in [3.8, 4) is 0 Å². The summed E-state index contributed by atoms with van der Waals surface area (Å²) in [6, 6.07) is 1.50. The van der Waals surface area contributed by atoms with Crippen LogP contribution in [0.25, 0.3) is 0 Å². The quantitative estimate of drug-likeness (QED) is 0.861. The second-order valence-corrected chi connectivity index (χ2v) is 6.36. The Morgan fingerprint density at radius 3 is 2.48 bits per heavy atom. The fraction of sp³-hybridized carbons (Fsp3) is 0.308. The Hall–Kier alpha value is -2.10. The van der Waals surface area contributed by atoms with E-state index < -0.39 is 33.3 Å². The minimum absolute atomic E-state index is 0.226. The first-order valence-corrected chi connectivity index (χ1v) is 7.96. The minimum atomic E-state index is -4.71. The van der Waals surface area contributed by atoms with Crippen molar-refractivity contribution < 1.29 is 26.0 Å². The van der Waals surface area contributed by atoms with Gasteiger partial charge in [0.05, 0.1) is 23.1 Å². The van der Waals surface area contributed by atoms with Gasteiger partial charge in [0.15, 0.2) is 0 Å². The summed E-state index contributed by atoms with van der Waals surface area (Å²) in [6.07, 6.45) is -3.65. The van der Waals surface area contributed by atoms with Crippen LogP contribution in [0, 0.1) is 12.7 Å². The van der Waals surface area contributed by atoms with Gasteiger partial charge < -0.3 is 0 Å². The Bertz CT molecular complexity index is 828. The van der Waals surface area contributed by atoms with E-state index in [-0.39, 0.29) is 4.90 Å². The number of hydrogen-bond donors (Lipinski definition) is 1. The third kappa shape index (κ3) is 3.46. The van der Waals surface area contributed by atoms with Crippen LogP contribution >= 0.6 is 0 Å². The van der Waals surface area contributed by atoms with Gasteiger partial charge in [0.25, 0.3) is 10.0 Å². The van der Waals surface area contributed by atoms with Crippen molar-refractivity contribution in [2.45, 2.75) is 31.5 Å². The van der Waals surface area contributed by atoms with E-state index in [1.54, 1.807) is 6.92 Å². The summed E-state index contributed by atoms with van der Waals surface area (Å²) in [5.74, 6) is -1.11. The number of halogens is 4. The van der Waals surface area contributed by atoms with Crippen LogP contribution in [0.5, 0.6) is 0 Å². The normalized spacial score (nSPS) is 12.4. The van der Waals surface area contributed by atoms with Crippen LogP contribution in [0.15, 0.2) is 29.3 Å². The SMILES string of the molecule is CCn1ncc(S(=O)(=O)Nc2cc(C(F)(F)F)ccc2F)c1C. The van der Waals surface area contributed by atoms with Gasteiger partial charge in [-0.3, -0.25) is 9.40 Å². The predicted octanol–water partition coefficient (Wildman–Crippen LogP) is 3.17. The van der Waals surface area contributed by atoms with Gasteiger partial charge >= 0.3 is 6.18 Å². The number of rotatable bonds is 4. The molecule has 0 aliphatic heterocycles. The molecule has 23 heavy (non-hydrogen) atoms. The van der Waals surface area contributed by atoms with E-state index in [2.05, 4.69) is 5.10 Å². The van der Waals surface area contributed by atoms with E-state index in [1.165, 1.54) is 11.6 Å². The lowest BCUT2D eigenvalue weighted by molar-refractivity contribution is -0.137. The first kappa shape index (κ1) is 17.3. The Labute approximate surface area is 130 Å². The summed E-state index contributed by atoms with van der Waals surface area (Å²) in [5, 5.41) is 3.85. The first-order chi connectivity index (χ1) is 10.6. The van der Waals surface area contributed by atoms with Crippen LogP contribution in [0.2, 0.25) is 0 Å². The molecule has 1 aromatic carbocycles. The molecule has 1 N–H and O–H groups in total. The van der Waals surface area contributed by atoms with Crippen molar-refractivity contribution >= 4 is 15.7 Å². The molecule has 0 bridgehead atoms. The number of aryl methyl sites for hydroxylation is 1. The van der Waals surface area contributed by atoms with Crippen LogP contribution < -0.4 is 4.72 Å². The van der Waals surface area contributed by atoms with Crippen LogP contribution in [0.1, 0.15) is 18.2 Å². The molecule has 5 nitrogen and oxygen atoms in total. The highest BCUT2D eigenvalue weighted by Crippen LogP contribution is 2.32. The largest absolute Gasteiger partial charge is 0.416 e. The molecule has 0 aliphatic rings. The van der Waals surface area contributed by atoms with Gasteiger partial charge in [0.2, 0.25) is 0 Å². The standard InChI is InChI=1S/C13H13F4N3O2S/c1-3-20-8(2)12(7-18-20)23(21,22)19-11-6-9(13(15,16)17)4-5-10(11)14/h4-7,19H,3H2,1-2H3. The predicted molar refractivity (Wildman–Crippen MR) is 74.8 cm³/mol. The van der Waals surface area contributed by atoms with E-state index in [4.69, 9.17) is 0 Å². The zero-order valence-electron chi connectivity index (χ0n) is 12.1. The van der Waals surface area contributed by atoms with E-state index in [1.807, 2.05) is 4.72 Å². The average molecular weight is 351 g/mol. The summed E-state index contributed by atoms with van der Waals surface area (Å²) in [4.78, 5) is -0.226. The van der Waals surface area contributed by atoms with Gasteiger partial charge in [0, 0.05) is 6.54 Å². The molecule has 0 saturated carbocycles. The molecule has 0 amide bonds. The molecular weight excluding hydrogens is 338 g/mol. The zero-order valence-corrected chi connectivity index (χ0v) is 13.0. The van der Waals surface area contributed by atoms with Gasteiger partial charge in [-0.25, -0.2) is 12.8 Å². The fourth-order valence-corrected chi connectivity index (χ4v) is 3.23. The van der Waals surface area contributed by atoms with E-state index in [0.29, 0.717) is 30.4 Å². The second-order valence-electron chi connectivity index (χ2n) is 4.71. The molecule has 0 fully saturated rings. The number of nitrogens with one attached hydrogen (secondary N) is 1. The monoisotopic (exact) mass is 351 g/mol. The summed E-state index contributed by atoms with van der Waals surface area (Å²) in [7, 11) is -4.26. The molecular formula is C13H13F4N3O2S. The Balaban J connectivity index is 2.43. The number of alkyl halides is 3. The minimum Gasteiger partial charge on any atom is -0.277 e. The molecule has 2 rings (SSSR count). The maximum atomic E-state index is 13.7. The van der Waals surface area contributed by atoms with Crippen molar-refractivity contribution in [1.82, 2.24) is 9.78 Å². The molecule has 0 unspecified atom stereocenters. The number of benzene rings is 1. The average Bonchev–Trinajstić information content (AvgIpc) is 2.81. The van der Waals surface area contributed by atoms with Gasteiger partial charge in [-0.05, 0) is 32.0 Å². The molecule has 126 valence electrons. The smallest absolute Gasteiger partial charge is 0.277 e. The van der Waals surface area contributed by atoms with E-state index >= 15 is 0 Å². The highest BCUT2D eigenvalue weighted by molar-refractivity contribution is 7.92. The van der Waals surface area contributed by atoms with Crippen LogP contribution in [-0.2, 0) is 22.7 Å². The highest BCUT2D eigenvalue weighted by Gasteiger charge is 2.32. The van der Waals surface area contributed by atoms with Crippen molar-refractivity contribution in [3.05, 3.63) is 41.5 Å². The molecule has 0 atom stereocenters. The second kappa shape index (κ2) is 5.84. The van der Waals surface area contributed by atoms with Gasteiger partial charge in [-0.2, -0.15) is 18.3 Å². The van der Waals surface area contributed by atoms with Crippen LogP contribution in [0.3, 0.4) is 0 Å². The number of aromatic nitrogens is 2. The lowest BCUT2D eigenvalue weighted by Gasteiger charge is -2.12. The van der Waals surface area contributed by atoms with Crippen molar-refractivity contribution in [3.63, 3.8) is 0 Å². The lowest BCUT2D eigenvalue weighted by Crippen LogP contribution is -2.16. The van der Waals surface area contributed by atoms with Gasteiger partial charge in [-0.15, -0.1) is 0 Å². The summed E-state index contributed by atoms with van der Waals surface area (Å²) >= 11 is 0. The van der Waals surface area contributed by atoms with Gasteiger partial charge in [-0.1, -0.05) is 0 Å². The highest BCUT2D eigenvalue weighted by atomic mass is 32.2. The topological polar surface area (TPSA) is 64.0 Å². The van der Waals surface area contributed by atoms with Crippen molar-refractivity contribution in [1.29, 1.82) is 0 Å². The number of hydrogen-bond acceptors (Lipinski definition) is 3. The third-order valence-corrected chi connectivity index (χ3v) is 4.65. The van der Waals surface area contributed by atoms with Crippen LogP contribution in [0.4, 0.5) is 23.2 Å². The van der Waals surface area contributed by atoms with E-state index in [9.17, 15) is 26.0 Å². The number of sulfonamides is 1. The summed E-state index contributed by atoms with van der Waals surface area (Å²) < 4.78 is 79.4. The summed E-state index contributed by atoms with van der Waals surface area (Å²) in [5.41, 5.74) is -1.63.